The maximum absolute atomic E-state index is 2.28. The van der Waals surface area contributed by atoms with E-state index in [2.05, 4.69) is 92.2 Å². The lowest BCUT2D eigenvalue weighted by molar-refractivity contribution is 1.45. The van der Waals surface area contributed by atoms with Gasteiger partial charge in [0.2, 0.25) is 0 Å². The van der Waals surface area contributed by atoms with E-state index >= 15 is 0 Å². The number of benzene rings is 3. The summed E-state index contributed by atoms with van der Waals surface area (Å²) in [7, 11) is 0. The van der Waals surface area contributed by atoms with Crippen molar-refractivity contribution in [2.45, 2.75) is 6.92 Å². The first kappa shape index (κ1) is 13.0. The Bertz CT molecular complexity index is 1000. The zero-order valence-corrected chi connectivity index (χ0v) is 12.6. The van der Waals surface area contributed by atoms with Crippen LogP contribution >= 0.6 is 0 Å². The van der Waals surface area contributed by atoms with Gasteiger partial charge in [-0.05, 0) is 42.0 Å². The zero-order chi connectivity index (χ0) is 14.9. The predicted molar refractivity (Wildman–Crippen MR) is 95.5 cm³/mol. The van der Waals surface area contributed by atoms with Gasteiger partial charge in [-0.25, -0.2) is 0 Å². The van der Waals surface area contributed by atoms with Crippen LogP contribution in [0.25, 0.3) is 28.5 Å². The van der Waals surface area contributed by atoms with Gasteiger partial charge in [0.15, 0.2) is 0 Å². The largest absolute Gasteiger partial charge is 0.100 e. The van der Waals surface area contributed by atoms with Gasteiger partial charge < -0.3 is 0 Å². The molecule has 0 aromatic heterocycles. The minimum absolute atomic E-state index is 1.29. The van der Waals surface area contributed by atoms with E-state index in [0.29, 0.717) is 0 Å². The van der Waals surface area contributed by atoms with Crippen LogP contribution in [0.1, 0.15) is 12.5 Å². The van der Waals surface area contributed by atoms with Crippen LogP contribution in [0.4, 0.5) is 0 Å². The Morgan fingerprint density at radius 2 is 1.50 bits per heavy atom. The molecule has 3 aromatic rings. The van der Waals surface area contributed by atoms with Gasteiger partial charge in [-0.15, -0.1) is 0 Å². The Balaban J connectivity index is 1.86. The van der Waals surface area contributed by atoms with Crippen molar-refractivity contribution in [1.29, 1.82) is 0 Å². The summed E-state index contributed by atoms with van der Waals surface area (Å²) in [5, 5.41) is 5.16. The maximum atomic E-state index is 2.28. The second-order valence-corrected chi connectivity index (χ2v) is 5.75. The molecular formula is C22H17+. The first-order valence-corrected chi connectivity index (χ1v) is 7.63. The Labute approximate surface area is 130 Å². The fraction of sp³-hybridized carbons (Fsp3) is 0.0455. The summed E-state index contributed by atoms with van der Waals surface area (Å²) < 4.78 is 0. The molecule has 0 heteroatoms. The van der Waals surface area contributed by atoms with E-state index < -0.39 is 0 Å². The Morgan fingerprint density at radius 1 is 0.773 bits per heavy atom. The van der Waals surface area contributed by atoms with Gasteiger partial charge in [-0.3, -0.25) is 0 Å². The van der Waals surface area contributed by atoms with Crippen molar-refractivity contribution < 1.29 is 0 Å². The van der Waals surface area contributed by atoms with Crippen LogP contribution in [0.3, 0.4) is 0 Å². The van der Waals surface area contributed by atoms with Crippen molar-refractivity contribution in [2.75, 3.05) is 0 Å². The molecule has 3 aromatic carbocycles. The summed E-state index contributed by atoms with van der Waals surface area (Å²) >= 11 is 0. The van der Waals surface area contributed by atoms with Crippen LogP contribution in [-0.4, -0.2) is 0 Å². The van der Waals surface area contributed by atoms with Gasteiger partial charge in [-0.1, -0.05) is 42.5 Å². The number of allylic oxidation sites excluding steroid dienone is 2. The summed E-state index contributed by atoms with van der Waals surface area (Å²) in [5.41, 5.74) is 3.89. The van der Waals surface area contributed by atoms with Gasteiger partial charge in [0.1, 0.15) is 5.57 Å². The van der Waals surface area contributed by atoms with Crippen molar-refractivity contribution in [3.63, 3.8) is 0 Å². The highest BCUT2D eigenvalue weighted by molar-refractivity contribution is 5.89. The molecule has 0 heterocycles. The first-order chi connectivity index (χ1) is 10.8. The molecule has 0 radical (unpaired) electrons. The fourth-order valence-electron chi connectivity index (χ4n) is 3.01. The maximum Gasteiger partial charge on any atom is 0.100 e. The van der Waals surface area contributed by atoms with Crippen molar-refractivity contribution >= 4 is 28.5 Å². The molecule has 0 N–H and O–H groups in total. The van der Waals surface area contributed by atoms with Gasteiger partial charge >= 0.3 is 0 Å². The van der Waals surface area contributed by atoms with Crippen molar-refractivity contribution in [3.05, 3.63) is 94.7 Å². The molecule has 104 valence electrons. The Hall–Kier alpha value is -2.73. The average molecular weight is 281 g/mol. The van der Waals surface area contributed by atoms with Gasteiger partial charge in [0, 0.05) is 29.7 Å². The fourth-order valence-corrected chi connectivity index (χ4v) is 3.01. The highest BCUT2D eigenvalue weighted by Gasteiger charge is 2.13. The lowest BCUT2D eigenvalue weighted by Gasteiger charge is -2.05. The first-order valence-electron chi connectivity index (χ1n) is 7.63. The second-order valence-electron chi connectivity index (χ2n) is 5.75. The summed E-state index contributed by atoms with van der Waals surface area (Å²) in [4.78, 5) is 0. The van der Waals surface area contributed by atoms with Crippen LogP contribution in [0.2, 0.25) is 0 Å². The van der Waals surface area contributed by atoms with Gasteiger partial charge in [0.05, 0.1) is 10.4 Å². The van der Waals surface area contributed by atoms with Crippen LogP contribution in [-0.2, 0) is 0 Å². The average Bonchev–Trinajstić information content (AvgIpc) is 2.60. The van der Waals surface area contributed by atoms with Crippen molar-refractivity contribution in [2.24, 2.45) is 0 Å². The smallest absolute Gasteiger partial charge is 0.0616 e. The normalized spacial score (nSPS) is 15.3. The van der Waals surface area contributed by atoms with Gasteiger partial charge in [0.25, 0.3) is 0 Å². The van der Waals surface area contributed by atoms with Crippen molar-refractivity contribution in [3.8, 4) is 0 Å². The van der Waals surface area contributed by atoms with Crippen LogP contribution < -0.4 is 10.4 Å². The summed E-state index contributed by atoms with van der Waals surface area (Å²) in [5.74, 6) is 0. The standard InChI is InChI=1S/C22H17/c1-16(19-12-10-17-6-2-4-8-21(17)14-19)20-13-11-18-7-3-5-9-22(18)15-20/h2-15H,1H3/q+1. The highest BCUT2D eigenvalue weighted by Crippen LogP contribution is 2.25. The molecule has 0 amide bonds. The summed E-state index contributed by atoms with van der Waals surface area (Å²) in [6, 6.07) is 23.7. The molecule has 0 atom stereocenters. The molecular weight excluding hydrogens is 264 g/mol. The molecule has 4 rings (SSSR count). The molecule has 0 unspecified atom stereocenters. The quantitative estimate of drug-likeness (QED) is 0.589. The van der Waals surface area contributed by atoms with Crippen LogP contribution in [0.15, 0.2) is 72.3 Å². The van der Waals surface area contributed by atoms with Crippen LogP contribution in [0.5, 0.6) is 0 Å². The number of fused-ring (bicyclic) bond motifs is 2. The SMILES string of the molecule is CC(=C1C=c2ccccc2=C[CH+]1)c1ccc2ccccc2c1. The Kier molecular flexibility index (Phi) is 3.08. The minimum atomic E-state index is 1.29. The molecule has 0 saturated carbocycles. The number of hydrogen-bond acceptors (Lipinski definition) is 0. The Morgan fingerprint density at radius 3 is 2.36 bits per heavy atom. The highest BCUT2D eigenvalue weighted by atomic mass is 14.1. The predicted octanol–water partition coefficient (Wildman–Crippen LogP) is 4.09. The molecule has 1 aliphatic carbocycles. The lowest BCUT2D eigenvalue weighted by atomic mass is 9.93. The zero-order valence-electron chi connectivity index (χ0n) is 12.6. The minimum Gasteiger partial charge on any atom is -0.0616 e. The van der Waals surface area contributed by atoms with Crippen molar-refractivity contribution in [1.82, 2.24) is 0 Å². The molecule has 22 heavy (non-hydrogen) atoms. The third kappa shape index (κ3) is 2.23. The van der Waals surface area contributed by atoms with Gasteiger partial charge in [-0.2, -0.15) is 0 Å². The number of hydrogen-bond donors (Lipinski definition) is 0. The summed E-state index contributed by atoms with van der Waals surface area (Å²) in [6.07, 6.45) is 6.70. The second kappa shape index (κ2) is 5.23. The third-order valence-corrected chi connectivity index (χ3v) is 4.36. The molecule has 1 aliphatic rings. The third-order valence-electron chi connectivity index (χ3n) is 4.36. The molecule has 0 bridgehead atoms. The lowest BCUT2D eigenvalue weighted by Crippen LogP contribution is -2.26. The molecule has 0 aliphatic heterocycles. The van der Waals surface area contributed by atoms with E-state index in [-0.39, 0.29) is 0 Å². The van der Waals surface area contributed by atoms with E-state index in [9.17, 15) is 0 Å². The van der Waals surface area contributed by atoms with E-state index in [4.69, 9.17) is 0 Å². The van der Waals surface area contributed by atoms with E-state index in [1.54, 1.807) is 0 Å². The molecule has 0 spiro atoms. The van der Waals surface area contributed by atoms with E-state index in [1.807, 2.05) is 0 Å². The monoisotopic (exact) mass is 281 g/mol. The van der Waals surface area contributed by atoms with E-state index in [1.165, 1.54) is 37.9 Å². The van der Waals surface area contributed by atoms with E-state index in [0.717, 1.165) is 0 Å². The number of rotatable bonds is 1. The molecule has 0 fully saturated rings. The van der Waals surface area contributed by atoms with Crippen LogP contribution in [0, 0.1) is 6.42 Å². The summed E-state index contributed by atoms with van der Waals surface area (Å²) in [6.45, 7) is 2.20. The topological polar surface area (TPSA) is 0 Å². The molecule has 0 saturated heterocycles. The molecule has 0 nitrogen and oxygen atoms in total.